The Hall–Kier alpha value is -1.86. The van der Waals surface area contributed by atoms with Crippen molar-refractivity contribution in [3.05, 3.63) is 35.4 Å². The van der Waals surface area contributed by atoms with Crippen molar-refractivity contribution < 1.29 is 9.53 Å². The van der Waals surface area contributed by atoms with Crippen LogP contribution < -0.4 is 5.32 Å². The van der Waals surface area contributed by atoms with Crippen LogP contribution in [0.1, 0.15) is 28.8 Å². The number of nitriles is 1. The Morgan fingerprint density at radius 3 is 2.67 bits per heavy atom. The molecule has 0 amide bonds. The van der Waals surface area contributed by atoms with E-state index in [-0.39, 0.29) is 0 Å². The summed E-state index contributed by atoms with van der Waals surface area (Å²) in [6.45, 7) is 3.27. The van der Waals surface area contributed by atoms with Gasteiger partial charge in [-0.05, 0) is 18.6 Å². The quantitative estimate of drug-likeness (QED) is 0.806. The number of aryl methyl sites for hydroxylation is 1. The van der Waals surface area contributed by atoms with E-state index < -0.39 is 11.6 Å². The average Bonchev–Trinajstić information content (AvgIpc) is 2.40. The summed E-state index contributed by atoms with van der Waals surface area (Å²) in [7, 11) is 0. The molecular weight excluding hydrogens is 228 g/mol. The molecule has 0 aromatic heterocycles. The molecule has 1 aliphatic rings. The smallest absolute Gasteiger partial charge is 0.339 e. The second-order valence-electron chi connectivity index (χ2n) is 4.56. The predicted octanol–water partition coefficient (Wildman–Crippen LogP) is 1.80. The molecule has 0 atom stereocenters. The third-order valence-electron chi connectivity index (χ3n) is 3.27. The minimum Gasteiger partial charge on any atom is -0.440 e. The fourth-order valence-corrected chi connectivity index (χ4v) is 2.10. The number of rotatable bonds is 2. The highest BCUT2D eigenvalue weighted by Gasteiger charge is 2.36. The van der Waals surface area contributed by atoms with E-state index in [1.807, 2.05) is 19.1 Å². The van der Waals surface area contributed by atoms with Gasteiger partial charge >= 0.3 is 5.97 Å². The number of carbonyl (C=O) groups is 1. The van der Waals surface area contributed by atoms with Gasteiger partial charge in [0.15, 0.2) is 5.60 Å². The highest BCUT2D eigenvalue weighted by molar-refractivity contribution is 5.91. The molecule has 2 rings (SSSR count). The highest BCUT2D eigenvalue weighted by Crippen LogP contribution is 2.24. The van der Waals surface area contributed by atoms with Gasteiger partial charge in [-0.25, -0.2) is 4.79 Å². The molecule has 94 valence electrons. The Balaban J connectivity index is 2.16. The minimum absolute atomic E-state index is 0.406. The van der Waals surface area contributed by atoms with E-state index in [9.17, 15) is 10.1 Å². The number of hydrogen-bond donors (Lipinski definition) is 1. The maximum absolute atomic E-state index is 12.1. The number of carbonyl (C=O) groups excluding carboxylic acids is 1. The summed E-state index contributed by atoms with van der Waals surface area (Å²) < 4.78 is 5.45. The van der Waals surface area contributed by atoms with Gasteiger partial charge in [-0.3, -0.25) is 0 Å². The normalized spacial score (nSPS) is 17.8. The van der Waals surface area contributed by atoms with E-state index in [1.54, 1.807) is 12.1 Å². The number of benzene rings is 1. The molecule has 4 heteroatoms. The first-order valence-electron chi connectivity index (χ1n) is 6.08. The number of nitrogens with zero attached hydrogens (tertiary/aromatic N) is 1. The van der Waals surface area contributed by atoms with Crippen LogP contribution in [0.15, 0.2) is 24.3 Å². The Kier molecular flexibility index (Phi) is 3.63. The Bertz CT molecular complexity index is 485. The third kappa shape index (κ3) is 2.52. The molecule has 1 N–H and O–H groups in total. The third-order valence-corrected chi connectivity index (χ3v) is 3.27. The van der Waals surface area contributed by atoms with Crippen LogP contribution in [-0.4, -0.2) is 24.7 Å². The second kappa shape index (κ2) is 5.19. The summed E-state index contributed by atoms with van der Waals surface area (Å²) in [5.74, 6) is -0.406. The van der Waals surface area contributed by atoms with Crippen LogP contribution in [-0.2, 0) is 4.74 Å². The molecule has 1 fully saturated rings. The molecule has 0 radical (unpaired) electrons. The number of esters is 1. The Morgan fingerprint density at radius 2 is 2.06 bits per heavy atom. The predicted molar refractivity (Wildman–Crippen MR) is 67.0 cm³/mol. The second-order valence-corrected chi connectivity index (χ2v) is 4.56. The van der Waals surface area contributed by atoms with Crippen LogP contribution in [0.3, 0.4) is 0 Å². The molecule has 1 aromatic rings. The Labute approximate surface area is 107 Å². The molecule has 0 saturated carbocycles. The van der Waals surface area contributed by atoms with E-state index in [4.69, 9.17) is 4.74 Å². The zero-order valence-electron chi connectivity index (χ0n) is 10.4. The van der Waals surface area contributed by atoms with Gasteiger partial charge < -0.3 is 10.1 Å². The van der Waals surface area contributed by atoms with Crippen LogP contribution in [0.4, 0.5) is 0 Å². The summed E-state index contributed by atoms with van der Waals surface area (Å²) >= 11 is 0. The zero-order chi connectivity index (χ0) is 13.0. The van der Waals surface area contributed by atoms with Crippen molar-refractivity contribution in [1.29, 1.82) is 5.26 Å². The van der Waals surface area contributed by atoms with Crippen LogP contribution in [0, 0.1) is 18.3 Å². The van der Waals surface area contributed by atoms with Crippen molar-refractivity contribution >= 4 is 5.97 Å². The van der Waals surface area contributed by atoms with Crippen LogP contribution in [0.5, 0.6) is 0 Å². The van der Waals surface area contributed by atoms with Gasteiger partial charge in [-0.1, -0.05) is 18.2 Å². The number of nitrogens with one attached hydrogen (secondary N) is 1. The average molecular weight is 244 g/mol. The topological polar surface area (TPSA) is 62.1 Å². The molecule has 1 aromatic carbocycles. The van der Waals surface area contributed by atoms with Crippen LogP contribution >= 0.6 is 0 Å². The standard InChI is InChI=1S/C14H16N2O2/c1-11-4-2-3-5-12(11)13(17)18-14(10-15)6-8-16-9-7-14/h2-5,16H,6-9H2,1H3. The molecule has 0 bridgehead atoms. The maximum atomic E-state index is 12.1. The summed E-state index contributed by atoms with van der Waals surface area (Å²) in [4.78, 5) is 12.1. The van der Waals surface area contributed by atoms with Crippen LogP contribution in [0.25, 0.3) is 0 Å². The Morgan fingerprint density at radius 1 is 1.39 bits per heavy atom. The SMILES string of the molecule is Cc1ccccc1C(=O)OC1(C#N)CCNCC1. The molecule has 1 aliphatic heterocycles. The van der Waals surface area contributed by atoms with Crippen molar-refractivity contribution in [3.8, 4) is 6.07 Å². The maximum Gasteiger partial charge on any atom is 0.339 e. The molecule has 4 nitrogen and oxygen atoms in total. The lowest BCUT2D eigenvalue weighted by atomic mass is 9.93. The number of piperidine rings is 1. The van der Waals surface area contributed by atoms with Crippen LogP contribution in [0.2, 0.25) is 0 Å². The molecular formula is C14H16N2O2. The first-order chi connectivity index (χ1) is 8.67. The van der Waals surface area contributed by atoms with Gasteiger partial charge in [0.05, 0.1) is 5.56 Å². The first kappa shape index (κ1) is 12.6. The number of hydrogen-bond acceptors (Lipinski definition) is 4. The van der Waals surface area contributed by atoms with E-state index in [0.29, 0.717) is 31.5 Å². The molecule has 1 heterocycles. The van der Waals surface area contributed by atoms with Gasteiger partial charge in [-0.15, -0.1) is 0 Å². The highest BCUT2D eigenvalue weighted by atomic mass is 16.6. The van der Waals surface area contributed by atoms with E-state index in [1.165, 1.54) is 0 Å². The lowest BCUT2D eigenvalue weighted by Gasteiger charge is -2.30. The monoisotopic (exact) mass is 244 g/mol. The molecule has 0 aliphatic carbocycles. The van der Waals surface area contributed by atoms with Gasteiger partial charge in [0.2, 0.25) is 0 Å². The van der Waals surface area contributed by atoms with Gasteiger partial charge in [0.25, 0.3) is 0 Å². The van der Waals surface area contributed by atoms with Crippen molar-refractivity contribution in [3.63, 3.8) is 0 Å². The van der Waals surface area contributed by atoms with Crippen molar-refractivity contribution in [2.45, 2.75) is 25.4 Å². The summed E-state index contributed by atoms with van der Waals surface area (Å²) in [6.07, 6.45) is 1.09. The largest absolute Gasteiger partial charge is 0.440 e. The van der Waals surface area contributed by atoms with Crippen molar-refractivity contribution in [1.82, 2.24) is 5.32 Å². The summed E-state index contributed by atoms with van der Waals surface area (Å²) in [5.41, 5.74) is 0.431. The van der Waals surface area contributed by atoms with Crippen molar-refractivity contribution in [2.24, 2.45) is 0 Å². The molecule has 0 unspecified atom stereocenters. The fraction of sp³-hybridized carbons (Fsp3) is 0.429. The zero-order valence-corrected chi connectivity index (χ0v) is 10.4. The van der Waals surface area contributed by atoms with Gasteiger partial charge in [0, 0.05) is 25.9 Å². The molecule has 18 heavy (non-hydrogen) atoms. The summed E-state index contributed by atoms with van der Waals surface area (Å²) in [5, 5.41) is 12.4. The van der Waals surface area contributed by atoms with Gasteiger partial charge in [-0.2, -0.15) is 5.26 Å². The number of ether oxygens (including phenoxy) is 1. The molecule has 1 saturated heterocycles. The minimum atomic E-state index is -0.968. The summed E-state index contributed by atoms with van der Waals surface area (Å²) in [6, 6.07) is 9.41. The van der Waals surface area contributed by atoms with Gasteiger partial charge in [0.1, 0.15) is 6.07 Å². The lowest BCUT2D eigenvalue weighted by molar-refractivity contribution is -0.00482. The molecule has 0 spiro atoms. The van der Waals surface area contributed by atoms with E-state index in [0.717, 1.165) is 5.56 Å². The van der Waals surface area contributed by atoms with Crippen molar-refractivity contribution in [2.75, 3.05) is 13.1 Å². The van der Waals surface area contributed by atoms with E-state index >= 15 is 0 Å². The fourth-order valence-electron chi connectivity index (χ4n) is 2.10. The first-order valence-corrected chi connectivity index (χ1v) is 6.08. The lowest BCUT2D eigenvalue weighted by Crippen LogP contribution is -2.44. The van der Waals surface area contributed by atoms with E-state index in [2.05, 4.69) is 11.4 Å².